The van der Waals surface area contributed by atoms with Gasteiger partial charge in [0.25, 0.3) is 0 Å². The summed E-state index contributed by atoms with van der Waals surface area (Å²) in [5, 5.41) is 2.86. The quantitative estimate of drug-likeness (QED) is 0.930. The number of hydrogen-bond donors (Lipinski definition) is 1. The molecule has 4 nitrogen and oxygen atoms in total. The van der Waals surface area contributed by atoms with E-state index < -0.39 is 30.7 Å². The fraction of sp³-hybridized carbons (Fsp3) is 0.368. The highest BCUT2D eigenvalue weighted by atomic mass is 19.1. The van der Waals surface area contributed by atoms with Crippen LogP contribution < -0.4 is 19.5 Å². The van der Waals surface area contributed by atoms with Crippen molar-refractivity contribution < 1.29 is 26.8 Å². The Morgan fingerprint density at radius 3 is 2.92 bits per heavy atom. The lowest BCUT2D eigenvalue weighted by atomic mass is 9.81. The van der Waals surface area contributed by atoms with Gasteiger partial charge in [0.1, 0.15) is 14.3 Å². The molecule has 2 atom stereocenters. The fourth-order valence-corrected chi connectivity index (χ4v) is 2.65. The Balaban J connectivity index is 1.62. The van der Waals surface area contributed by atoms with Crippen LogP contribution in [0.15, 0.2) is 42.5 Å². The smallest absolute Gasteiger partial charge is 0.231 e. The van der Waals surface area contributed by atoms with Gasteiger partial charge in [0, 0.05) is 24.0 Å². The van der Waals surface area contributed by atoms with Crippen molar-refractivity contribution >= 4 is 0 Å². The maximum absolute atomic E-state index is 13.4. The lowest BCUT2D eigenvalue weighted by molar-refractivity contribution is 0.173. The zero-order valence-electron chi connectivity index (χ0n) is 18.8. The van der Waals surface area contributed by atoms with Crippen LogP contribution in [0.2, 0.25) is 0 Å². The van der Waals surface area contributed by atoms with Crippen LogP contribution in [0.25, 0.3) is 0 Å². The van der Waals surface area contributed by atoms with Gasteiger partial charge in [-0.1, -0.05) is 12.1 Å². The Labute approximate surface area is 149 Å². The molecule has 5 heteroatoms. The first kappa shape index (κ1) is 9.89. The van der Waals surface area contributed by atoms with Gasteiger partial charge >= 0.3 is 0 Å². The van der Waals surface area contributed by atoms with E-state index in [2.05, 4.69) is 5.32 Å². The molecule has 0 bridgehead atoms. The standard InChI is InChI=1S/C19H20FNO3/c20-15-3-1-13(2-4-15)17-7-8-21-10-14(17)11-22-16-5-6-18-19(9-16)24-12-23-18/h1-6,9,14,17,21H,7-8,10-12H2/t14?,17-/m0/s1/i7D2,12D2,14D,17D. The molecule has 0 saturated carbocycles. The van der Waals surface area contributed by atoms with Crippen molar-refractivity contribution in [3.8, 4) is 17.2 Å². The van der Waals surface area contributed by atoms with Gasteiger partial charge in [-0.25, -0.2) is 4.39 Å². The predicted octanol–water partition coefficient (Wildman–Crippen LogP) is 3.33. The molecule has 2 aliphatic rings. The van der Waals surface area contributed by atoms with Crippen LogP contribution >= 0.6 is 0 Å². The average molecular weight is 335 g/mol. The second-order valence-corrected chi connectivity index (χ2v) is 5.45. The zero-order valence-corrected chi connectivity index (χ0v) is 12.8. The van der Waals surface area contributed by atoms with Crippen molar-refractivity contribution in [1.29, 1.82) is 0 Å². The van der Waals surface area contributed by atoms with Crippen molar-refractivity contribution in [2.45, 2.75) is 12.3 Å². The normalized spacial score (nSPS) is 36.4. The van der Waals surface area contributed by atoms with Gasteiger partial charge in [-0.15, -0.1) is 0 Å². The van der Waals surface area contributed by atoms with E-state index in [9.17, 15) is 4.39 Å². The molecule has 2 heterocycles. The van der Waals surface area contributed by atoms with Crippen LogP contribution in [0.1, 0.15) is 26.1 Å². The van der Waals surface area contributed by atoms with Crippen molar-refractivity contribution in [1.82, 2.24) is 5.32 Å². The van der Waals surface area contributed by atoms with E-state index in [-0.39, 0.29) is 42.5 Å². The summed E-state index contributed by atoms with van der Waals surface area (Å²) in [5.74, 6) is -3.68. The third-order valence-corrected chi connectivity index (χ3v) is 3.85. The van der Waals surface area contributed by atoms with Crippen LogP contribution in [-0.4, -0.2) is 26.4 Å². The third-order valence-electron chi connectivity index (χ3n) is 3.85. The Bertz CT molecular complexity index is 960. The third kappa shape index (κ3) is 3.17. The first-order chi connectivity index (χ1) is 14.0. The van der Waals surface area contributed by atoms with Crippen LogP contribution in [0.3, 0.4) is 0 Å². The number of hydrogen-bond acceptors (Lipinski definition) is 4. The highest BCUT2D eigenvalue weighted by Gasteiger charge is 2.27. The van der Waals surface area contributed by atoms with E-state index in [0.717, 1.165) is 12.1 Å². The summed E-state index contributed by atoms with van der Waals surface area (Å²) in [6.07, 6.45) is -2.13. The topological polar surface area (TPSA) is 39.7 Å². The predicted molar refractivity (Wildman–Crippen MR) is 88.2 cm³/mol. The van der Waals surface area contributed by atoms with E-state index in [4.69, 9.17) is 22.4 Å². The van der Waals surface area contributed by atoms with Crippen LogP contribution in [0, 0.1) is 11.7 Å². The first-order valence-electron chi connectivity index (χ1n) is 10.6. The molecule has 0 spiro atoms. The van der Waals surface area contributed by atoms with Gasteiger partial charge in [-0.2, -0.15) is 0 Å². The second-order valence-electron chi connectivity index (χ2n) is 5.45. The molecule has 2 aromatic rings. The molecule has 2 aromatic carbocycles. The Hall–Kier alpha value is -2.27. The molecule has 0 amide bonds. The number of halogens is 1. The number of nitrogens with one attached hydrogen (secondary N) is 1. The average Bonchev–Trinajstić information content (AvgIpc) is 2.98. The summed E-state index contributed by atoms with van der Waals surface area (Å²) < 4.78 is 79.0. The Kier molecular flexibility index (Phi) is 2.76. The number of rotatable bonds is 4. The number of benzene rings is 2. The van der Waals surface area contributed by atoms with Crippen molar-refractivity contribution in [2.75, 3.05) is 26.4 Å². The minimum atomic E-state index is -2.28. The molecule has 2 aliphatic heterocycles. The van der Waals surface area contributed by atoms with E-state index >= 15 is 0 Å². The highest BCUT2D eigenvalue weighted by Crippen LogP contribution is 2.36. The summed E-state index contributed by atoms with van der Waals surface area (Å²) in [5.41, 5.74) is 0.188. The van der Waals surface area contributed by atoms with E-state index in [1.807, 2.05) is 0 Å². The van der Waals surface area contributed by atoms with Crippen LogP contribution in [0.4, 0.5) is 4.39 Å². The Morgan fingerprint density at radius 1 is 1.21 bits per heavy atom. The van der Waals surface area contributed by atoms with E-state index in [1.165, 1.54) is 30.3 Å². The van der Waals surface area contributed by atoms with E-state index in [0.29, 0.717) is 0 Å². The molecule has 24 heavy (non-hydrogen) atoms. The largest absolute Gasteiger partial charge is 0.493 e. The summed E-state index contributed by atoms with van der Waals surface area (Å²) in [4.78, 5) is 0. The highest BCUT2D eigenvalue weighted by molar-refractivity contribution is 5.46. The number of ether oxygens (including phenoxy) is 3. The van der Waals surface area contributed by atoms with Crippen molar-refractivity contribution in [3.63, 3.8) is 0 Å². The minimum absolute atomic E-state index is 0.0134. The Morgan fingerprint density at radius 2 is 2.04 bits per heavy atom. The van der Waals surface area contributed by atoms with Crippen molar-refractivity contribution in [2.24, 2.45) is 5.89 Å². The fourth-order valence-electron chi connectivity index (χ4n) is 2.65. The molecule has 0 aromatic heterocycles. The summed E-state index contributed by atoms with van der Waals surface area (Å²) >= 11 is 0. The van der Waals surface area contributed by atoms with Gasteiger partial charge in [-0.3, -0.25) is 0 Å². The molecule has 1 saturated heterocycles. The molecular weight excluding hydrogens is 309 g/mol. The molecule has 1 N–H and O–H groups in total. The summed E-state index contributed by atoms with van der Waals surface area (Å²) in [6, 6.07) is 9.36. The second kappa shape index (κ2) is 6.69. The minimum Gasteiger partial charge on any atom is -0.493 e. The molecule has 4 rings (SSSR count). The van der Waals surface area contributed by atoms with Gasteiger partial charge in [-0.05, 0) is 48.6 Å². The van der Waals surface area contributed by atoms with Crippen molar-refractivity contribution in [3.05, 3.63) is 53.8 Å². The zero-order chi connectivity index (χ0) is 21.8. The molecule has 126 valence electrons. The van der Waals surface area contributed by atoms with E-state index in [1.54, 1.807) is 0 Å². The molecule has 1 unspecified atom stereocenters. The molecule has 1 fully saturated rings. The van der Waals surface area contributed by atoms with Crippen LogP contribution in [-0.2, 0) is 0 Å². The summed E-state index contributed by atoms with van der Waals surface area (Å²) in [6.45, 7) is -2.76. The lowest BCUT2D eigenvalue weighted by Crippen LogP contribution is -2.38. The first-order valence-corrected chi connectivity index (χ1v) is 7.58. The molecule has 0 aliphatic carbocycles. The van der Waals surface area contributed by atoms with Gasteiger partial charge in [0.05, 0.1) is 6.61 Å². The maximum atomic E-state index is 13.4. The lowest BCUT2D eigenvalue weighted by Gasteiger charge is -2.32. The molecular formula is C19H20FNO3. The SMILES string of the molecule is [2H]C1([2H])Oc2ccc(OCC3([2H])CNCC([2H])([2H])[C@@]3([2H])c3ccc(F)cc3)cc2O1. The maximum Gasteiger partial charge on any atom is 0.231 e. The van der Waals surface area contributed by atoms with Gasteiger partial charge in [0.2, 0.25) is 6.75 Å². The van der Waals surface area contributed by atoms with Gasteiger partial charge < -0.3 is 19.5 Å². The number of piperidine rings is 1. The monoisotopic (exact) mass is 335 g/mol. The summed E-state index contributed by atoms with van der Waals surface area (Å²) in [7, 11) is 0. The van der Waals surface area contributed by atoms with Gasteiger partial charge in [0.15, 0.2) is 11.5 Å². The molecule has 0 radical (unpaired) electrons. The number of fused-ring (bicyclic) bond motifs is 1. The van der Waals surface area contributed by atoms with Crippen LogP contribution in [0.5, 0.6) is 17.2 Å².